The lowest BCUT2D eigenvalue weighted by atomic mass is 10.0. The number of hydrogen-bond acceptors (Lipinski definition) is 3. The molecule has 0 bridgehead atoms. The molecule has 0 heterocycles. The van der Waals surface area contributed by atoms with Gasteiger partial charge in [-0.2, -0.15) is 0 Å². The zero-order valence-electron chi connectivity index (χ0n) is 16.8. The molecular formula is C23H28N2O3. The molecule has 2 amide bonds. The molecule has 2 aromatic carbocycles. The van der Waals surface area contributed by atoms with Crippen LogP contribution in [0.25, 0.3) is 0 Å². The Morgan fingerprint density at radius 2 is 1.86 bits per heavy atom. The first-order valence-corrected chi connectivity index (χ1v) is 9.81. The molecule has 3 rings (SSSR count). The highest BCUT2D eigenvalue weighted by atomic mass is 16.5. The minimum absolute atomic E-state index is 0.181. The molecular weight excluding hydrogens is 352 g/mol. The van der Waals surface area contributed by atoms with Crippen LogP contribution in [0.1, 0.15) is 36.5 Å². The van der Waals surface area contributed by atoms with Crippen LogP contribution in [0.4, 0.5) is 5.69 Å². The van der Waals surface area contributed by atoms with Crippen LogP contribution in [0.3, 0.4) is 0 Å². The minimum atomic E-state index is -0.929. The monoisotopic (exact) mass is 380 g/mol. The zero-order valence-corrected chi connectivity index (χ0v) is 16.8. The molecule has 0 spiro atoms. The van der Waals surface area contributed by atoms with Gasteiger partial charge < -0.3 is 15.4 Å². The largest absolute Gasteiger partial charge is 0.497 e. The fourth-order valence-corrected chi connectivity index (χ4v) is 3.43. The Labute approximate surface area is 166 Å². The van der Waals surface area contributed by atoms with Crippen molar-refractivity contribution in [2.75, 3.05) is 19.0 Å². The normalized spacial score (nSPS) is 14.2. The molecule has 0 aliphatic heterocycles. The number of benzene rings is 2. The van der Waals surface area contributed by atoms with Gasteiger partial charge in [-0.3, -0.25) is 9.59 Å². The number of para-hydroxylation sites is 1. The maximum Gasteiger partial charge on any atom is 0.240 e. The predicted octanol–water partition coefficient (Wildman–Crippen LogP) is 3.64. The van der Waals surface area contributed by atoms with Gasteiger partial charge in [0, 0.05) is 12.2 Å². The van der Waals surface area contributed by atoms with Gasteiger partial charge in [0.25, 0.3) is 0 Å². The number of carbonyl (C=O) groups excluding carboxylic acids is 2. The topological polar surface area (TPSA) is 67.4 Å². The molecule has 28 heavy (non-hydrogen) atoms. The first kappa shape index (κ1) is 19.9. The van der Waals surface area contributed by atoms with Gasteiger partial charge in [0.2, 0.25) is 11.8 Å². The van der Waals surface area contributed by atoms with Crippen LogP contribution >= 0.6 is 0 Å². The highest BCUT2D eigenvalue weighted by Gasteiger charge is 2.56. The maximum absolute atomic E-state index is 12.9. The van der Waals surface area contributed by atoms with E-state index in [1.54, 1.807) is 7.11 Å². The second kappa shape index (κ2) is 8.46. The van der Waals surface area contributed by atoms with Crippen LogP contribution in [0.2, 0.25) is 0 Å². The molecule has 1 aliphatic carbocycles. The van der Waals surface area contributed by atoms with E-state index in [0.29, 0.717) is 25.8 Å². The Bertz CT molecular complexity index is 872. The van der Waals surface area contributed by atoms with Gasteiger partial charge in [0.05, 0.1) is 7.11 Å². The summed E-state index contributed by atoms with van der Waals surface area (Å²) >= 11 is 0. The van der Waals surface area contributed by atoms with Crippen molar-refractivity contribution in [2.24, 2.45) is 5.41 Å². The molecule has 0 aromatic heterocycles. The molecule has 2 aromatic rings. The lowest BCUT2D eigenvalue weighted by molar-refractivity contribution is -0.134. The van der Waals surface area contributed by atoms with E-state index in [1.165, 1.54) is 0 Å². The zero-order chi connectivity index (χ0) is 20.1. The molecule has 0 radical (unpaired) electrons. The summed E-state index contributed by atoms with van der Waals surface area (Å²) in [5, 5.41) is 5.96. The van der Waals surface area contributed by atoms with E-state index in [0.717, 1.165) is 34.5 Å². The maximum atomic E-state index is 12.9. The van der Waals surface area contributed by atoms with Gasteiger partial charge in [0.15, 0.2) is 0 Å². The number of methoxy groups -OCH3 is 1. The fourth-order valence-electron chi connectivity index (χ4n) is 3.43. The Hall–Kier alpha value is -2.82. The number of nitrogens with one attached hydrogen (secondary N) is 2. The van der Waals surface area contributed by atoms with Crippen LogP contribution in [0.5, 0.6) is 5.75 Å². The molecule has 2 N–H and O–H groups in total. The van der Waals surface area contributed by atoms with Crippen molar-refractivity contribution in [1.29, 1.82) is 0 Å². The summed E-state index contributed by atoms with van der Waals surface area (Å²) in [5.41, 5.74) is 3.10. The van der Waals surface area contributed by atoms with Crippen LogP contribution in [0.15, 0.2) is 42.5 Å². The van der Waals surface area contributed by atoms with Gasteiger partial charge in [-0.15, -0.1) is 0 Å². The van der Waals surface area contributed by atoms with Crippen molar-refractivity contribution in [2.45, 2.75) is 39.5 Å². The Kier molecular flexibility index (Phi) is 6.02. The third kappa shape index (κ3) is 4.19. The number of rotatable bonds is 8. The number of anilines is 1. The third-order valence-electron chi connectivity index (χ3n) is 5.43. The second-order valence-electron chi connectivity index (χ2n) is 7.36. The van der Waals surface area contributed by atoms with E-state index in [4.69, 9.17) is 4.74 Å². The molecule has 1 saturated carbocycles. The van der Waals surface area contributed by atoms with Crippen LogP contribution in [-0.2, 0) is 22.4 Å². The molecule has 5 nitrogen and oxygen atoms in total. The van der Waals surface area contributed by atoms with Crippen molar-refractivity contribution >= 4 is 17.5 Å². The molecule has 1 aliphatic rings. The highest BCUT2D eigenvalue weighted by molar-refractivity contribution is 6.13. The second-order valence-corrected chi connectivity index (χ2v) is 7.36. The van der Waals surface area contributed by atoms with Crippen molar-refractivity contribution in [3.05, 3.63) is 59.2 Å². The number of ether oxygens (including phenoxy) is 1. The van der Waals surface area contributed by atoms with E-state index in [-0.39, 0.29) is 11.8 Å². The van der Waals surface area contributed by atoms with E-state index < -0.39 is 5.41 Å². The SMILES string of the molecule is CCc1cccc(C)c1NC(=O)C1(C(=O)NCCc2cccc(OC)c2)CC1. The van der Waals surface area contributed by atoms with Crippen molar-refractivity contribution in [1.82, 2.24) is 5.32 Å². The molecule has 148 valence electrons. The van der Waals surface area contributed by atoms with E-state index >= 15 is 0 Å². The molecule has 0 saturated heterocycles. The first-order chi connectivity index (χ1) is 13.5. The van der Waals surface area contributed by atoms with Gasteiger partial charge in [-0.1, -0.05) is 37.3 Å². The lowest BCUT2D eigenvalue weighted by Crippen LogP contribution is -2.40. The summed E-state index contributed by atoms with van der Waals surface area (Å²) in [4.78, 5) is 25.6. The summed E-state index contributed by atoms with van der Waals surface area (Å²) in [6.45, 7) is 4.52. The minimum Gasteiger partial charge on any atom is -0.497 e. The summed E-state index contributed by atoms with van der Waals surface area (Å²) in [5.74, 6) is 0.418. The summed E-state index contributed by atoms with van der Waals surface area (Å²) in [6.07, 6.45) is 2.71. The Morgan fingerprint density at radius 3 is 2.54 bits per heavy atom. The van der Waals surface area contributed by atoms with Gasteiger partial charge in [0.1, 0.15) is 11.2 Å². The van der Waals surface area contributed by atoms with Gasteiger partial charge >= 0.3 is 0 Å². The fraction of sp³-hybridized carbons (Fsp3) is 0.391. The number of hydrogen-bond donors (Lipinski definition) is 2. The average Bonchev–Trinajstić information content (AvgIpc) is 3.51. The van der Waals surface area contributed by atoms with Crippen molar-refractivity contribution in [3.63, 3.8) is 0 Å². The first-order valence-electron chi connectivity index (χ1n) is 9.81. The summed E-state index contributed by atoms with van der Waals surface area (Å²) < 4.78 is 5.22. The van der Waals surface area contributed by atoms with Crippen molar-refractivity contribution < 1.29 is 14.3 Å². The number of carbonyl (C=O) groups is 2. The summed E-state index contributed by atoms with van der Waals surface area (Å²) in [7, 11) is 1.63. The van der Waals surface area contributed by atoms with E-state index in [9.17, 15) is 9.59 Å². The van der Waals surface area contributed by atoms with Crippen molar-refractivity contribution in [3.8, 4) is 5.75 Å². The predicted molar refractivity (Wildman–Crippen MR) is 111 cm³/mol. The van der Waals surface area contributed by atoms with Gasteiger partial charge in [-0.05, 0) is 61.4 Å². The van der Waals surface area contributed by atoms with Crippen LogP contribution < -0.4 is 15.4 Å². The summed E-state index contributed by atoms with van der Waals surface area (Å²) in [6, 6.07) is 13.7. The molecule has 0 unspecified atom stereocenters. The Morgan fingerprint density at radius 1 is 1.11 bits per heavy atom. The quantitative estimate of drug-likeness (QED) is 0.687. The molecule has 5 heteroatoms. The molecule has 0 atom stereocenters. The van der Waals surface area contributed by atoms with Crippen LogP contribution in [-0.4, -0.2) is 25.5 Å². The van der Waals surface area contributed by atoms with Gasteiger partial charge in [-0.25, -0.2) is 0 Å². The number of aryl methyl sites for hydroxylation is 2. The molecule has 1 fully saturated rings. The lowest BCUT2D eigenvalue weighted by Gasteiger charge is -2.18. The third-order valence-corrected chi connectivity index (χ3v) is 5.43. The standard InChI is InChI=1S/C23H28N2O3/c1-4-18-9-5-7-16(2)20(18)25-22(27)23(12-13-23)21(26)24-14-11-17-8-6-10-19(15-17)28-3/h5-10,15H,4,11-14H2,1-3H3,(H,24,26)(H,25,27). The van der Waals surface area contributed by atoms with Crippen LogP contribution in [0, 0.1) is 12.3 Å². The Balaban J connectivity index is 1.60. The smallest absolute Gasteiger partial charge is 0.240 e. The van der Waals surface area contributed by atoms with E-state index in [1.807, 2.05) is 49.4 Å². The van der Waals surface area contributed by atoms with E-state index in [2.05, 4.69) is 17.6 Å². The average molecular weight is 380 g/mol. The highest BCUT2D eigenvalue weighted by Crippen LogP contribution is 2.47. The number of amides is 2.